The molecular weight excluding hydrogens is 224 g/mol. The Morgan fingerprint density at radius 2 is 1.79 bits per heavy atom. The average molecular weight is 234 g/mol. The number of sulfone groups is 1. The lowest BCUT2D eigenvalue weighted by Gasteiger charge is -2.01. The maximum absolute atomic E-state index is 11.3. The van der Waals surface area contributed by atoms with Crippen LogP contribution in [0.3, 0.4) is 0 Å². The molecule has 0 fully saturated rings. The fourth-order valence-electron chi connectivity index (χ4n) is 0.930. The van der Waals surface area contributed by atoms with Crippen LogP contribution in [0.15, 0.2) is 34.1 Å². The van der Waals surface area contributed by atoms with Gasteiger partial charge in [0, 0.05) is 0 Å². The molecule has 0 aliphatic rings. The highest BCUT2D eigenvalue weighted by Crippen LogP contribution is 2.13. The molecule has 1 rings (SSSR count). The first-order valence-electron chi connectivity index (χ1n) is 3.91. The lowest BCUT2D eigenvalue weighted by molar-refractivity contribution is 0.564. The summed E-state index contributed by atoms with van der Waals surface area (Å²) in [4.78, 5) is 0.370. The second kappa shape index (κ2) is 4.20. The van der Waals surface area contributed by atoms with E-state index >= 15 is 0 Å². The largest absolute Gasteiger partial charge is 0.302 e. The lowest BCUT2D eigenvalue weighted by Crippen LogP contribution is -2.03. The van der Waals surface area contributed by atoms with Crippen LogP contribution in [0, 0.1) is 0 Å². The second-order valence-electron chi connectivity index (χ2n) is 2.62. The van der Waals surface area contributed by atoms with Gasteiger partial charge in [0.05, 0.1) is 15.5 Å². The molecule has 0 amide bonds. The van der Waals surface area contributed by atoms with Gasteiger partial charge < -0.3 is 4.55 Å². The van der Waals surface area contributed by atoms with E-state index in [-0.39, 0.29) is 15.5 Å². The van der Waals surface area contributed by atoms with Crippen LogP contribution in [0.4, 0.5) is 0 Å². The SMILES string of the molecule is CCS(=O)(=O)c1ccc(S(=O)O)cc1. The van der Waals surface area contributed by atoms with Crippen LogP contribution >= 0.6 is 0 Å². The van der Waals surface area contributed by atoms with Gasteiger partial charge in [0.15, 0.2) is 20.9 Å². The average Bonchev–Trinajstić information content (AvgIpc) is 2.18. The summed E-state index contributed by atoms with van der Waals surface area (Å²) in [6, 6.07) is 5.34. The molecule has 1 unspecified atom stereocenters. The topological polar surface area (TPSA) is 71.4 Å². The number of hydrogen-bond donors (Lipinski definition) is 1. The quantitative estimate of drug-likeness (QED) is 0.794. The Kier molecular flexibility index (Phi) is 3.41. The first kappa shape index (κ1) is 11.4. The van der Waals surface area contributed by atoms with Crippen LogP contribution in [-0.4, -0.2) is 22.9 Å². The van der Waals surface area contributed by atoms with Gasteiger partial charge in [-0.25, -0.2) is 12.6 Å². The van der Waals surface area contributed by atoms with Crippen molar-refractivity contribution >= 4 is 20.9 Å². The predicted molar refractivity (Wildman–Crippen MR) is 53.2 cm³/mol. The molecule has 0 bridgehead atoms. The molecule has 0 saturated heterocycles. The highest BCUT2D eigenvalue weighted by Gasteiger charge is 2.11. The fraction of sp³-hybridized carbons (Fsp3) is 0.250. The van der Waals surface area contributed by atoms with Gasteiger partial charge in [0.2, 0.25) is 0 Å². The normalized spacial score (nSPS) is 13.9. The highest BCUT2D eigenvalue weighted by molar-refractivity contribution is 7.91. The molecule has 0 aliphatic carbocycles. The zero-order chi connectivity index (χ0) is 10.8. The minimum absolute atomic E-state index is 0.0224. The van der Waals surface area contributed by atoms with Crippen LogP contribution in [0.25, 0.3) is 0 Å². The third kappa shape index (κ3) is 2.40. The van der Waals surface area contributed by atoms with E-state index in [0.29, 0.717) is 0 Å². The summed E-state index contributed by atoms with van der Waals surface area (Å²) < 4.78 is 42.0. The Labute approximate surface area is 85.2 Å². The maximum atomic E-state index is 11.3. The molecule has 0 aromatic heterocycles. The molecule has 6 heteroatoms. The molecule has 4 nitrogen and oxygen atoms in total. The Balaban J connectivity index is 3.12. The van der Waals surface area contributed by atoms with Crippen molar-refractivity contribution in [2.75, 3.05) is 5.75 Å². The summed E-state index contributed by atoms with van der Waals surface area (Å²) in [7, 11) is -3.22. The Morgan fingerprint density at radius 3 is 2.14 bits per heavy atom. The maximum Gasteiger partial charge on any atom is 0.186 e. The van der Waals surface area contributed by atoms with Gasteiger partial charge in [-0.2, -0.15) is 0 Å². The molecule has 1 atom stereocenters. The second-order valence-corrected chi connectivity index (χ2v) is 5.87. The van der Waals surface area contributed by atoms with E-state index in [9.17, 15) is 12.6 Å². The Bertz CT molecular complexity index is 433. The minimum Gasteiger partial charge on any atom is -0.302 e. The molecule has 78 valence electrons. The van der Waals surface area contributed by atoms with Crippen molar-refractivity contribution in [2.24, 2.45) is 0 Å². The Hall–Kier alpha value is -0.720. The van der Waals surface area contributed by atoms with Crippen molar-refractivity contribution in [1.29, 1.82) is 0 Å². The van der Waals surface area contributed by atoms with E-state index in [0.717, 1.165) is 0 Å². The molecule has 0 aliphatic heterocycles. The summed E-state index contributed by atoms with van der Waals surface area (Å²) in [5.74, 6) is 0.0224. The molecule has 14 heavy (non-hydrogen) atoms. The summed E-state index contributed by atoms with van der Waals surface area (Å²) in [5, 5.41) is 0. The van der Waals surface area contributed by atoms with Crippen molar-refractivity contribution < 1.29 is 17.2 Å². The van der Waals surface area contributed by atoms with E-state index in [4.69, 9.17) is 4.55 Å². The zero-order valence-corrected chi connectivity index (χ0v) is 9.14. The predicted octanol–water partition coefficient (Wildman–Crippen LogP) is 1.06. The number of hydrogen-bond acceptors (Lipinski definition) is 3. The van der Waals surface area contributed by atoms with Gasteiger partial charge in [0.25, 0.3) is 0 Å². The molecule has 1 aromatic carbocycles. The molecule has 1 N–H and O–H groups in total. The van der Waals surface area contributed by atoms with E-state index < -0.39 is 20.9 Å². The number of benzene rings is 1. The van der Waals surface area contributed by atoms with Gasteiger partial charge in [-0.15, -0.1) is 0 Å². The molecule has 1 aromatic rings. The van der Waals surface area contributed by atoms with Gasteiger partial charge in [-0.1, -0.05) is 6.92 Å². The van der Waals surface area contributed by atoms with Crippen LogP contribution in [0.1, 0.15) is 6.92 Å². The standard InChI is InChI=1S/C8H10O4S2/c1-2-14(11,12)8-5-3-7(4-6-8)13(9)10/h3-6H,2H2,1H3,(H,9,10). The highest BCUT2D eigenvalue weighted by atomic mass is 32.2. The van der Waals surface area contributed by atoms with E-state index in [2.05, 4.69) is 0 Å². The summed E-state index contributed by atoms with van der Waals surface area (Å²) in [6.07, 6.45) is 0. The third-order valence-electron chi connectivity index (χ3n) is 1.76. The van der Waals surface area contributed by atoms with Crippen LogP contribution in [0.5, 0.6) is 0 Å². The van der Waals surface area contributed by atoms with Crippen LogP contribution in [0.2, 0.25) is 0 Å². The summed E-state index contributed by atoms with van der Waals surface area (Å²) in [5.41, 5.74) is 0. The van der Waals surface area contributed by atoms with Crippen molar-refractivity contribution in [3.63, 3.8) is 0 Å². The van der Waals surface area contributed by atoms with Crippen molar-refractivity contribution in [1.82, 2.24) is 0 Å². The molecular formula is C8H10O4S2. The zero-order valence-electron chi connectivity index (χ0n) is 7.50. The van der Waals surface area contributed by atoms with Crippen LogP contribution < -0.4 is 0 Å². The molecule has 0 saturated carbocycles. The van der Waals surface area contributed by atoms with Gasteiger partial charge in [0.1, 0.15) is 0 Å². The van der Waals surface area contributed by atoms with E-state index in [1.807, 2.05) is 0 Å². The van der Waals surface area contributed by atoms with E-state index in [1.54, 1.807) is 6.92 Å². The lowest BCUT2D eigenvalue weighted by atomic mass is 10.4. The van der Waals surface area contributed by atoms with E-state index in [1.165, 1.54) is 24.3 Å². The van der Waals surface area contributed by atoms with Crippen molar-refractivity contribution in [2.45, 2.75) is 16.7 Å². The summed E-state index contributed by atoms with van der Waals surface area (Å²) >= 11 is -2.06. The third-order valence-corrected chi connectivity index (χ3v) is 4.19. The first-order chi connectivity index (χ1) is 6.47. The van der Waals surface area contributed by atoms with Gasteiger partial charge in [-0.05, 0) is 24.3 Å². The van der Waals surface area contributed by atoms with Crippen molar-refractivity contribution in [3.05, 3.63) is 24.3 Å². The first-order valence-corrected chi connectivity index (χ1v) is 6.67. The van der Waals surface area contributed by atoms with Crippen LogP contribution in [-0.2, 0) is 20.9 Å². The molecule has 0 radical (unpaired) electrons. The monoisotopic (exact) mass is 234 g/mol. The number of rotatable bonds is 3. The van der Waals surface area contributed by atoms with Crippen molar-refractivity contribution in [3.8, 4) is 0 Å². The summed E-state index contributed by atoms with van der Waals surface area (Å²) in [6.45, 7) is 1.55. The Morgan fingerprint density at radius 1 is 1.29 bits per heavy atom. The minimum atomic E-state index is -3.22. The molecule has 0 heterocycles. The smallest absolute Gasteiger partial charge is 0.186 e. The fourth-order valence-corrected chi connectivity index (χ4v) is 2.18. The van der Waals surface area contributed by atoms with Gasteiger partial charge >= 0.3 is 0 Å². The van der Waals surface area contributed by atoms with Gasteiger partial charge in [-0.3, -0.25) is 0 Å². The molecule has 0 spiro atoms.